The van der Waals surface area contributed by atoms with E-state index in [0.717, 1.165) is 38.2 Å². The van der Waals surface area contributed by atoms with E-state index in [2.05, 4.69) is 22.2 Å². The number of nitrogens with zero attached hydrogens (tertiary/aromatic N) is 2. The summed E-state index contributed by atoms with van der Waals surface area (Å²) >= 11 is 0. The Labute approximate surface area is 116 Å². The van der Waals surface area contributed by atoms with Crippen molar-refractivity contribution in [2.45, 2.75) is 51.2 Å². The molecule has 4 nitrogen and oxygen atoms in total. The first-order valence-corrected chi connectivity index (χ1v) is 6.83. The van der Waals surface area contributed by atoms with Gasteiger partial charge in [-0.25, -0.2) is 4.98 Å². The lowest BCUT2D eigenvalue weighted by atomic mass is 10.0. The highest BCUT2D eigenvalue weighted by molar-refractivity contribution is 5.42. The van der Waals surface area contributed by atoms with E-state index in [0.29, 0.717) is 5.92 Å². The fraction of sp³-hybridized carbons (Fsp3) is 0.692. The Bertz CT molecular complexity index is 461. The summed E-state index contributed by atoms with van der Waals surface area (Å²) in [7, 11) is 0. The number of rotatable bonds is 2. The van der Waals surface area contributed by atoms with E-state index in [1.165, 1.54) is 0 Å². The van der Waals surface area contributed by atoms with E-state index < -0.39 is 11.9 Å². The molecule has 1 heterocycles. The number of hydrogen-bond acceptors (Lipinski definition) is 4. The van der Waals surface area contributed by atoms with Crippen LogP contribution in [0.1, 0.15) is 44.7 Å². The normalized spacial score (nSPS) is 24.2. The lowest BCUT2D eigenvalue weighted by Gasteiger charge is -2.18. The molecular weight excluding hydrogens is 269 g/mol. The van der Waals surface area contributed by atoms with Gasteiger partial charge in [0.2, 0.25) is 5.95 Å². The van der Waals surface area contributed by atoms with Crippen LogP contribution in [-0.4, -0.2) is 16.0 Å². The van der Waals surface area contributed by atoms with Gasteiger partial charge in [0.25, 0.3) is 0 Å². The predicted molar refractivity (Wildman–Crippen MR) is 71.1 cm³/mol. The summed E-state index contributed by atoms with van der Waals surface area (Å²) in [5, 5.41) is 3.06. The number of alkyl halides is 3. The van der Waals surface area contributed by atoms with E-state index in [9.17, 15) is 13.2 Å². The standard InChI is InChI=1S/C13H19F3N4/c1-8-3-2-4-9(6-5-8)18-11-7-10(13(14,15)16)19-12(17)20-11/h7-9H,2-6H2,1H3,(H3,17,18,19,20). The van der Waals surface area contributed by atoms with Gasteiger partial charge >= 0.3 is 6.18 Å². The number of hydrogen-bond donors (Lipinski definition) is 2. The molecule has 1 aromatic rings. The highest BCUT2D eigenvalue weighted by atomic mass is 19.4. The highest BCUT2D eigenvalue weighted by Gasteiger charge is 2.33. The van der Waals surface area contributed by atoms with Crippen LogP contribution in [-0.2, 0) is 6.18 Å². The second-order valence-electron chi connectivity index (χ2n) is 5.45. The van der Waals surface area contributed by atoms with E-state index in [1.807, 2.05) is 0 Å². The molecule has 1 aliphatic carbocycles. The lowest BCUT2D eigenvalue weighted by Crippen LogP contribution is -2.21. The van der Waals surface area contributed by atoms with Crippen molar-refractivity contribution in [3.05, 3.63) is 11.8 Å². The monoisotopic (exact) mass is 288 g/mol. The SMILES string of the molecule is CC1CCCC(Nc2cc(C(F)(F)F)nc(N)n2)CC1. The third kappa shape index (κ3) is 3.98. The van der Waals surface area contributed by atoms with Crippen molar-refractivity contribution in [3.63, 3.8) is 0 Å². The summed E-state index contributed by atoms with van der Waals surface area (Å²) in [6.07, 6.45) is 0.682. The number of nitrogens with two attached hydrogens (primary N) is 1. The topological polar surface area (TPSA) is 63.8 Å². The lowest BCUT2D eigenvalue weighted by molar-refractivity contribution is -0.141. The number of nitrogens with one attached hydrogen (secondary N) is 1. The number of nitrogen functional groups attached to an aromatic ring is 1. The Morgan fingerprint density at radius 3 is 2.65 bits per heavy atom. The molecule has 2 atom stereocenters. The second kappa shape index (κ2) is 5.85. The van der Waals surface area contributed by atoms with Crippen molar-refractivity contribution in [1.29, 1.82) is 0 Å². The highest BCUT2D eigenvalue weighted by Crippen LogP contribution is 2.30. The largest absolute Gasteiger partial charge is 0.433 e. The van der Waals surface area contributed by atoms with Crippen LogP contribution in [0.3, 0.4) is 0 Å². The summed E-state index contributed by atoms with van der Waals surface area (Å²) in [4.78, 5) is 7.08. The molecule has 112 valence electrons. The summed E-state index contributed by atoms with van der Waals surface area (Å²) < 4.78 is 38.0. The van der Waals surface area contributed by atoms with Crippen LogP contribution >= 0.6 is 0 Å². The van der Waals surface area contributed by atoms with Crippen LogP contribution < -0.4 is 11.1 Å². The zero-order valence-corrected chi connectivity index (χ0v) is 11.4. The minimum atomic E-state index is -4.51. The molecular formula is C13H19F3N4. The molecule has 2 rings (SSSR count). The minimum absolute atomic E-state index is 0.148. The molecule has 1 saturated carbocycles. The zero-order chi connectivity index (χ0) is 14.8. The van der Waals surface area contributed by atoms with Crippen LogP contribution in [0.5, 0.6) is 0 Å². The van der Waals surface area contributed by atoms with Gasteiger partial charge in [-0.2, -0.15) is 18.2 Å². The van der Waals surface area contributed by atoms with Crippen molar-refractivity contribution in [2.24, 2.45) is 5.92 Å². The Kier molecular flexibility index (Phi) is 4.35. The Balaban J connectivity index is 2.11. The molecule has 7 heteroatoms. The van der Waals surface area contributed by atoms with Gasteiger partial charge in [0.15, 0.2) is 5.69 Å². The van der Waals surface area contributed by atoms with Crippen molar-refractivity contribution < 1.29 is 13.2 Å². The molecule has 1 aliphatic rings. The van der Waals surface area contributed by atoms with Gasteiger partial charge in [-0.15, -0.1) is 0 Å². The minimum Gasteiger partial charge on any atom is -0.368 e. The second-order valence-corrected chi connectivity index (χ2v) is 5.45. The molecule has 0 radical (unpaired) electrons. The average Bonchev–Trinajstić information content (AvgIpc) is 2.53. The van der Waals surface area contributed by atoms with Crippen LogP contribution in [0.15, 0.2) is 6.07 Å². The molecule has 0 bridgehead atoms. The molecule has 0 saturated heterocycles. The first-order chi connectivity index (χ1) is 9.34. The molecule has 3 N–H and O–H groups in total. The summed E-state index contributed by atoms with van der Waals surface area (Å²) in [5.41, 5.74) is 4.35. The van der Waals surface area contributed by atoms with E-state index in [4.69, 9.17) is 5.73 Å². The third-order valence-corrected chi connectivity index (χ3v) is 3.64. The van der Waals surface area contributed by atoms with Gasteiger partial charge in [0.05, 0.1) is 0 Å². The molecule has 1 fully saturated rings. The number of halogens is 3. The van der Waals surface area contributed by atoms with Crippen molar-refractivity contribution in [2.75, 3.05) is 11.1 Å². The Morgan fingerprint density at radius 1 is 1.20 bits per heavy atom. The Morgan fingerprint density at radius 2 is 1.95 bits per heavy atom. The number of anilines is 2. The van der Waals surface area contributed by atoms with Crippen LogP contribution in [0.25, 0.3) is 0 Å². The van der Waals surface area contributed by atoms with E-state index >= 15 is 0 Å². The number of aromatic nitrogens is 2. The molecule has 0 aromatic carbocycles. The molecule has 2 unspecified atom stereocenters. The smallest absolute Gasteiger partial charge is 0.368 e. The van der Waals surface area contributed by atoms with Crippen molar-refractivity contribution in [3.8, 4) is 0 Å². The Hall–Kier alpha value is -1.53. The van der Waals surface area contributed by atoms with Gasteiger partial charge in [0.1, 0.15) is 5.82 Å². The van der Waals surface area contributed by atoms with Crippen molar-refractivity contribution >= 4 is 11.8 Å². The first-order valence-electron chi connectivity index (χ1n) is 6.83. The summed E-state index contributed by atoms with van der Waals surface area (Å²) in [5.74, 6) is 0.469. The van der Waals surface area contributed by atoms with Crippen LogP contribution in [0, 0.1) is 5.92 Å². The predicted octanol–water partition coefficient (Wildman–Crippen LogP) is 3.46. The fourth-order valence-corrected chi connectivity index (χ4v) is 2.53. The first kappa shape index (κ1) is 14.9. The molecule has 20 heavy (non-hydrogen) atoms. The third-order valence-electron chi connectivity index (χ3n) is 3.64. The van der Waals surface area contributed by atoms with Crippen LogP contribution in [0.2, 0.25) is 0 Å². The zero-order valence-electron chi connectivity index (χ0n) is 11.4. The van der Waals surface area contributed by atoms with E-state index in [1.54, 1.807) is 0 Å². The van der Waals surface area contributed by atoms with Gasteiger partial charge < -0.3 is 11.1 Å². The summed E-state index contributed by atoms with van der Waals surface area (Å²) in [6.45, 7) is 2.20. The van der Waals surface area contributed by atoms with Gasteiger partial charge in [0, 0.05) is 12.1 Å². The fourth-order valence-electron chi connectivity index (χ4n) is 2.53. The quantitative estimate of drug-likeness (QED) is 0.818. The molecule has 0 aliphatic heterocycles. The molecule has 1 aromatic heterocycles. The summed E-state index contributed by atoms with van der Waals surface area (Å²) in [6, 6.07) is 1.07. The molecule has 0 amide bonds. The van der Waals surface area contributed by atoms with Crippen molar-refractivity contribution in [1.82, 2.24) is 9.97 Å². The maximum absolute atomic E-state index is 12.7. The van der Waals surface area contributed by atoms with Gasteiger partial charge in [-0.1, -0.05) is 19.8 Å². The average molecular weight is 288 g/mol. The van der Waals surface area contributed by atoms with Crippen LogP contribution in [0.4, 0.5) is 24.9 Å². The maximum atomic E-state index is 12.7. The van der Waals surface area contributed by atoms with Gasteiger partial charge in [-0.3, -0.25) is 0 Å². The van der Waals surface area contributed by atoms with E-state index in [-0.39, 0.29) is 17.8 Å². The molecule has 0 spiro atoms. The van der Waals surface area contributed by atoms with Gasteiger partial charge in [-0.05, 0) is 25.2 Å². The maximum Gasteiger partial charge on any atom is 0.433 e.